The Labute approximate surface area is 161 Å². The summed E-state index contributed by atoms with van der Waals surface area (Å²) in [5.74, 6) is 0.507. The lowest BCUT2D eigenvalue weighted by molar-refractivity contribution is 0.0734. The average molecular weight is 404 g/mol. The molecule has 0 radical (unpaired) electrons. The van der Waals surface area contributed by atoms with Gasteiger partial charge in [-0.05, 0) is 18.6 Å². The van der Waals surface area contributed by atoms with Gasteiger partial charge in [0.25, 0.3) is 15.9 Å². The minimum atomic E-state index is -3.65. The molecule has 0 saturated carbocycles. The van der Waals surface area contributed by atoms with E-state index in [1.807, 2.05) is 12.1 Å². The van der Waals surface area contributed by atoms with Crippen molar-refractivity contribution in [2.24, 2.45) is 0 Å². The third-order valence-corrected chi connectivity index (χ3v) is 6.60. The summed E-state index contributed by atoms with van der Waals surface area (Å²) in [5.41, 5.74) is 0.520. The van der Waals surface area contributed by atoms with Crippen LogP contribution in [0.5, 0.6) is 5.75 Å². The van der Waals surface area contributed by atoms with E-state index in [0.29, 0.717) is 30.8 Å². The van der Waals surface area contributed by atoms with Crippen molar-refractivity contribution in [3.05, 3.63) is 42.5 Å². The van der Waals surface area contributed by atoms with Crippen LogP contribution in [0.4, 0.5) is 0 Å². The number of H-pyrrole nitrogens is 1. The number of methoxy groups -OCH3 is 1. The van der Waals surface area contributed by atoms with Crippen molar-refractivity contribution in [1.29, 1.82) is 0 Å². The lowest BCUT2D eigenvalue weighted by atomic mass is 10.2. The molecule has 3 heterocycles. The summed E-state index contributed by atoms with van der Waals surface area (Å²) in [6, 6.07) is 7.13. The van der Waals surface area contributed by atoms with Gasteiger partial charge < -0.3 is 19.0 Å². The lowest BCUT2D eigenvalue weighted by Crippen LogP contribution is -2.37. The van der Waals surface area contributed by atoms with E-state index in [-0.39, 0.29) is 29.8 Å². The summed E-state index contributed by atoms with van der Waals surface area (Å²) in [6.45, 7) is 1.26. The third-order valence-electron chi connectivity index (χ3n) is 4.77. The Morgan fingerprint density at radius 1 is 1.25 bits per heavy atom. The molecule has 0 atom stereocenters. The summed E-state index contributed by atoms with van der Waals surface area (Å²) in [4.78, 5) is 20.9. The second-order valence-electron chi connectivity index (χ2n) is 6.45. The van der Waals surface area contributed by atoms with Gasteiger partial charge in [-0.3, -0.25) is 4.79 Å². The van der Waals surface area contributed by atoms with Gasteiger partial charge in [-0.25, -0.2) is 13.4 Å². The molecule has 1 saturated heterocycles. The molecule has 0 unspecified atom stereocenters. The number of aromatic amines is 1. The molecule has 1 N–H and O–H groups in total. The van der Waals surface area contributed by atoms with Gasteiger partial charge in [0.05, 0.1) is 19.6 Å². The largest absolute Gasteiger partial charge is 0.493 e. The number of hydrogen-bond donors (Lipinski definition) is 1. The highest BCUT2D eigenvalue weighted by Gasteiger charge is 2.30. The molecule has 1 aromatic carbocycles. The molecule has 9 nitrogen and oxygen atoms in total. The number of aromatic nitrogens is 2. The first kappa shape index (κ1) is 18.5. The highest BCUT2D eigenvalue weighted by molar-refractivity contribution is 7.89. The highest BCUT2D eigenvalue weighted by atomic mass is 32.2. The van der Waals surface area contributed by atoms with E-state index in [0.717, 1.165) is 5.39 Å². The van der Waals surface area contributed by atoms with Crippen LogP contribution in [0, 0.1) is 0 Å². The molecule has 28 heavy (non-hydrogen) atoms. The van der Waals surface area contributed by atoms with Gasteiger partial charge >= 0.3 is 0 Å². The standard InChI is InChI=1S/C18H20N4O5S/c1-26-14-5-2-4-13-10-15(27-17(13)14)18(23)21-6-3-7-22(9-8-21)28(24,25)16-11-19-12-20-16/h2,4-5,10-12H,3,6-9H2,1H3,(H,19,20). The Balaban J connectivity index is 1.52. The molecule has 148 valence electrons. The number of furan rings is 1. The molecule has 0 aliphatic carbocycles. The number of imidazole rings is 1. The molecule has 2 aromatic heterocycles. The van der Waals surface area contributed by atoms with Crippen LogP contribution in [0.1, 0.15) is 17.0 Å². The molecular formula is C18H20N4O5S. The maximum Gasteiger partial charge on any atom is 0.289 e. The highest BCUT2D eigenvalue weighted by Crippen LogP contribution is 2.29. The van der Waals surface area contributed by atoms with E-state index in [9.17, 15) is 13.2 Å². The van der Waals surface area contributed by atoms with Gasteiger partial charge in [0.15, 0.2) is 22.1 Å². The van der Waals surface area contributed by atoms with Crippen molar-refractivity contribution in [2.45, 2.75) is 11.4 Å². The number of nitrogens with zero attached hydrogens (tertiary/aromatic N) is 3. The molecule has 1 aliphatic rings. The SMILES string of the molecule is COc1cccc2cc(C(=O)N3CCCN(S(=O)(=O)c4cnc[nH]4)CC3)oc12. The zero-order chi connectivity index (χ0) is 19.7. The Kier molecular flexibility index (Phi) is 4.82. The minimum absolute atomic E-state index is 0.0525. The lowest BCUT2D eigenvalue weighted by Gasteiger charge is -2.20. The number of ether oxygens (including phenoxy) is 1. The van der Waals surface area contributed by atoms with E-state index < -0.39 is 10.0 Å². The zero-order valence-electron chi connectivity index (χ0n) is 15.3. The summed E-state index contributed by atoms with van der Waals surface area (Å²) < 4.78 is 37.7. The van der Waals surface area contributed by atoms with E-state index in [1.165, 1.54) is 16.8 Å². The fraction of sp³-hybridized carbons (Fsp3) is 0.333. The number of nitrogens with one attached hydrogen (secondary N) is 1. The molecule has 1 aliphatic heterocycles. The van der Waals surface area contributed by atoms with Crippen LogP contribution in [-0.2, 0) is 10.0 Å². The Hall–Kier alpha value is -2.85. The molecule has 1 amide bonds. The monoisotopic (exact) mass is 404 g/mol. The summed E-state index contributed by atoms with van der Waals surface area (Å²) in [7, 11) is -2.10. The van der Waals surface area contributed by atoms with Gasteiger partial charge in [0, 0.05) is 31.6 Å². The number of fused-ring (bicyclic) bond motifs is 1. The summed E-state index contributed by atoms with van der Waals surface area (Å²) in [6.07, 6.45) is 3.14. The average Bonchev–Trinajstić information content (AvgIpc) is 3.32. The van der Waals surface area contributed by atoms with Gasteiger partial charge in [0.2, 0.25) is 0 Å². The molecule has 1 fully saturated rings. The van der Waals surface area contributed by atoms with Crippen LogP contribution in [0.15, 0.2) is 46.2 Å². The minimum Gasteiger partial charge on any atom is -0.493 e. The van der Waals surface area contributed by atoms with Gasteiger partial charge in [-0.15, -0.1) is 0 Å². The van der Waals surface area contributed by atoms with Crippen LogP contribution in [0.3, 0.4) is 0 Å². The molecule has 0 spiro atoms. The van der Waals surface area contributed by atoms with Crippen molar-refractivity contribution in [3.8, 4) is 5.75 Å². The van der Waals surface area contributed by atoms with Crippen molar-refractivity contribution in [2.75, 3.05) is 33.3 Å². The smallest absolute Gasteiger partial charge is 0.289 e. The second kappa shape index (κ2) is 7.28. The molecule has 3 aromatic rings. The van der Waals surface area contributed by atoms with Crippen molar-refractivity contribution in [1.82, 2.24) is 19.2 Å². The molecule has 4 rings (SSSR count). The summed E-state index contributed by atoms with van der Waals surface area (Å²) in [5, 5.41) is 0.831. The maximum absolute atomic E-state index is 12.9. The summed E-state index contributed by atoms with van der Waals surface area (Å²) >= 11 is 0. The number of carbonyl (C=O) groups excluding carboxylic acids is 1. The second-order valence-corrected chi connectivity index (χ2v) is 8.36. The normalized spacial score (nSPS) is 16.2. The Morgan fingerprint density at radius 2 is 2.11 bits per heavy atom. The quantitative estimate of drug-likeness (QED) is 0.709. The fourth-order valence-electron chi connectivity index (χ4n) is 3.32. The van der Waals surface area contributed by atoms with Crippen LogP contribution < -0.4 is 4.74 Å². The first-order valence-electron chi connectivity index (χ1n) is 8.85. The van der Waals surface area contributed by atoms with Gasteiger partial charge in [-0.1, -0.05) is 12.1 Å². The number of benzene rings is 1. The number of rotatable bonds is 4. The van der Waals surface area contributed by atoms with E-state index in [1.54, 1.807) is 24.1 Å². The van der Waals surface area contributed by atoms with Crippen LogP contribution in [0.2, 0.25) is 0 Å². The first-order valence-corrected chi connectivity index (χ1v) is 10.3. The van der Waals surface area contributed by atoms with Crippen LogP contribution in [-0.4, -0.2) is 66.8 Å². The van der Waals surface area contributed by atoms with Crippen LogP contribution in [0.25, 0.3) is 11.0 Å². The van der Waals surface area contributed by atoms with E-state index in [2.05, 4.69) is 9.97 Å². The molecule has 0 bridgehead atoms. The van der Waals surface area contributed by atoms with E-state index >= 15 is 0 Å². The molecular weight excluding hydrogens is 384 g/mol. The van der Waals surface area contributed by atoms with E-state index in [4.69, 9.17) is 9.15 Å². The number of amides is 1. The first-order chi connectivity index (χ1) is 13.5. The molecule has 10 heteroatoms. The van der Waals surface area contributed by atoms with Crippen molar-refractivity contribution in [3.63, 3.8) is 0 Å². The number of sulfonamides is 1. The van der Waals surface area contributed by atoms with Crippen LogP contribution >= 0.6 is 0 Å². The topological polar surface area (TPSA) is 109 Å². The predicted molar refractivity (Wildman–Crippen MR) is 101 cm³/mol. The van der Waals surface area contributed by atoms with Crippen molar-refractivity contribution < 1.29 is 22.4 Å². The number of carbonyl (C=O) groups is 1. The predicted octanol–water partition coefficient (Wildman–Crippen LogP) is 1.70. The maximum atomic E-state index is 12.9. The van der Waals surface area contributed by atoms with Crippen molar-refractivity contribution >= 4 is 26.9 Å². The Morgan fingerprint density at radius 3 is 2.86 bits per heavy atom. The zero-order valence-corrected chi connectivity index (χ0v) is 16.1. The van der Waals surface area contributed by atoms with Gasteiger partial charge in [0.1, 0.15) is 0 Å². The Bertz CT molecular complexity index is 1090. The third kappa shape index (κ3) is 3.25. The fourth-order valence-corrected chi connectivity index (χ4v) is 4.68. The number of para-hydroxylation sites is 1. The number of hydrogen-bond acceptors (Lipinski definition) is 6. The van der Waals surface area contributed by atoms with Gasteiger partial charge in [-0.2, -0.15) is 4.31 Å².